The van der Waals surface area contributed by atoms with E-state index in [0.29, 0.717) is 35.4 Å². The van der Waals surface area contributed by atoms with E-state index in [1.165, 1.54) is 12.8 Å². The average Bonchev–Trinajstić information content (AvgIpc) is 3.27. The van der Waals surface area contributed by atoms with E-state index in [2.05, 4.69) is 5.32 Å². The van der Waals surface area contributed by atoms with Crippen LogP contribution in [0.5, 0.6) is 17.2 Å². The highest BCUT2D eigenvalue weighted by atomic mass is 16.5. The quantitative estimate of drug-likeness (QED) is 0.784. The Morgan fingerprint density at radius 3 is 2.21 bits per heavy atom. The van der Waals surface area contributed by atoms with Crippen LogP contribution >= 0.6 is 0 Å². The molecule has 1 saturated carbocycles. The van der Waals surface area contributed by atoms with Crippen molar-refractivity contribution in [2.75, 3.05) is 27.9 Å². The molecule has 0 aliphatic heterocycles. The van der Waals surface area contributed by atoms with E-state index in [1.807, 2.05) is 0 Å². The van der Waals surface area contributed by atoms with Crippen LogP contribution < -0.4 is 19.5 Å². The molecule has 0 aromatic heterocycles. The predicted octanol–water partition coefficient (Wildman–Crippen LogP) is 1.50. The first kappa shape index (κ1) is 14.0. The third-order valence-corrected chi connectivity index (χ3v) is 3.27. The Morgan fingerprint density at radius 2 is 1.68 bits per heavy atom. The predicted molar refractivity (Wildman–Crippen MR) is 72.1 cm³/mol. The van der Waals surface area contributed by atoms with Crippen LogP contribution in [0.1, 0.15) is 24.5 Å². The van der Waals surface area contributed by atoms with Gasteiger partial charge >= 0.3 is 0 Å². The lowest BCUT2D eigenvalue weighted by Gasteiger charge is -2.18. The largest absolute Gasteiger partial charge is 0.496 e. The third-order valence-electron chi connectivity index (χ3n) is 3.27. The fourth-order valence-electron chi connectivity index (χ4n) is 1.99. The van der Waals surface area contributed by atoms with E-state index in [1.54, 1.807) is 33.5 Å². The van der Waals surface area contributed by atoms with Crippen LogP contribution in [0.2, 0.25) is 0 Å². The first-order chi connectivity index (χ1) is 9.19. The zero-order chi connectivity index (χ0) is 13.8. The highest BCUT2D eigenvalue weighted by Gasteiger charge is 2.23. The molecule has 0 amide bonds. The Kier molecular flexibility index (Phi) is 4.50. The molecule has 19 heavy (non-hydrogen) atoms. The summed E-state index contributed by atoms with van der Waals surface area (Å²) in [6.45, 7) is 0.510. The fourth-order valence-corrected chi connectivity index (χ4v) is 1.99. The van der Waals surface area contributed by atoms with Gasteiger partial charge in [-0.2, -0.15) is 0 Å². The van der Waals surface area contributed by atoms with Gasteiger partial charge in [-0.1, -0.05) is 0 Å². The van der Waals surface area contributed by atoms with Crippen LogP contribution in [-0.2, 0) is 0 Å². The Balaban J connectivity index is 2.20. The third kappa shape index (κ3) is 3.30. The fraction of sp³-hybridized carbons (Fsp3) is 0.571. The highest BCUT2D eigenvalue weighted by molar-refractivity contribution is 5.51. The molecule has 1 fully saturated rings. The summed E-state index contributed by atoms with van der Waals surface area (Å²) in [5.41, 5.74) is 0.702. The van der Waals surface area contributed by atoms with Crippen molar-refractivity contribution in [1.82, 2.24) is 5.32 Å². The molecule has 1 aromatic carbocycles. The van der Waals surface area contributed by atoms with Gasteiger partial charge in [-0.3, -0.25) is 0 Å². The normalized spacial score (nSPS) is 16.0. The zero-order valence-electron chi connectivity index (χ0n) is 11.6. The van der Waals surface area contributed by atoms with E-state index >= 15 is 0 Å². The van der Waals surface area contributed by atoms with Gasteiger partial charge < -0.3 is 24.6 Å². The molecule has 0 heterocycles. The summed E-state index contributed by atoms with van der Waals surface area (Å²) < 4.78 is 15.8. The molecule has 5 heteroatoms. The van der Waals surface area contributed by atoms with Gasteiger partial charge in [0.05, 0.1) is 27.4 Å². The van der Waals surface area contributed by atoms with Crippen molar-refractivity contribution in [3.8, 4) is 17.2 Å². The summed E-state index contributed by atoms with van der Waals surface area (Å²) >= 11 is 0. The van der Waals surface area contributed by atoms with Crippen LogP contribution in [0.4, 0.5) is 0 Å². The molecule has 1 aliphatic rings. The highest BCUT2D eigenvalue weighted by Crippen LogP contribution is 2.37. The Morgan fingerprint density at radius 1 is 1.11 bits per heavy atom. The number of hydrogen-bond donors (Lipinski definition) is 2. The van der Waals surface area contributed by atoms with E-state index in [4.69, 9.17) is 14.2 Å². The summed E-state index contributed by atoms with van der Waals surface area (Å²) in [7, 11) is 4.72. The van der Waals surface area contributed by atoms with Crippen LogP contribution in [0.25, 0.3) is 0 Å². The minimum atomic E-state index is -0.629. The summed E-state index contributed by atoms with van der Waals surface area (Å²) in [4.78, 5) is 0. The van der Waals surface area contributed by atoms with Crippen LogP contribution in [0, 0.1) is 0 Å². The molecule has 1 unspecified atom stereocenters. The van der Waals surface area contributed by atoms with Gasteiger partial charge in [0.15, 0.2) is 11.5 Å². The van der Waals surface area contributed by atoms with Gasteiger partial charge in [-0.05, 0) is 18.9 Å². The molecule has 5 nitrogen and oxygen atoms in total. The van der Waals surface area contributed by atoms with Crippen molar-refractivity contribution in [1.29, 1.82) is 0 Å². The molecule has 0 radical (unpaired) electrons. The maximum Gasteiger partial charge on any atom is 0.164 e. The minimum Gasteiger partial charge on any atom is -0.496 e. The van der Waals surface area contributed by atoms with Crippen LogP contribution in [0.15, 0.2) is 12.1 Å². The van der Waals surface area contributed by atoms with Crippen molar-refractivity contribution >= 4 is 0 Å². The molecule has 106 valence electrons. The lowest BCUT2D eigenvalue weighted by atomic mass is 10.1. The molecule has 0 spiro atoms. The standard InChI is InChI=1S/C14H21NO4/c1-17-12-7-14(19-3)13(18-2)6-10(12)11(16)8-15-9-4-5-9/h6-7,9,11,15-16H,4-5,8H2,1-3H3. The molecule has 0 saturated heterocycles. The van der Waals surface area contributed by atoms with Gasteiger partial charge in [0.25, 0.3) is 0 Å². The van der Waals surface area contributed by atoms with E-state index in [-0.39, 0.29) is 0 Å². The number of ether oxygens (including phenoxy) is 3. The minimum absolute atomic E-state index is 0.510. The lowest BCUT2D eigenvalue weighted by Crippen LogP contribution is -2.23. The second kappa shape index (κ2) is 6.12. The first-order valence-electron chi connectivity index (χ1n) is 6.41. The van der Waals surface area contributed by atoms with Crippen molar-refractivity contribution in [2.45, 2.75) is 25.0 Å². The van der Waals surface area contributed by atoms with Gasteiger partial charge in [-0.25, -0.2) is 0 Å². The summed E-state index contributed by atoms with van der Waals surface area (Å²) in [6, 6.07) is 4.05. The average molecular weight is 267 g/mol. The monoisotopic (exact) mass is 267 g/mol. The molecule has 1 aliphatic carbocycles. The van der Waals surface area contributed by atoms with Gasteiger partial charge in [0, 0.05) is 24.2 Å². The second-order valence-electron chi connectivity index (χ2n) is 4.65. The van der Waals surface area contributed by atoms with Gasteiger partial charge in [0.2, 0.25) is 0 Å². The molecular formula is C14H21NO4. The number of rotatable bonds is 7. The molecule has 1 atom stereocenters. The lowest BCUT2D eigenvalue weighted by molar-refractivity contribution is 0.169. The van der Waals surface area contributed by atoms with Crippen LogP contribution in [0.3, 0.4) is 0 Å². The van der Waals surface area contributed by atoms with Crippen molar-refractivity contribution < 1.29 is 19.3 Å². The maximum absolute atomic E-state index is 10.3. The van der Waals surface area contributed by atoms with Crippen molar-refractivity contribution in [2.24, 2.45) is 0 Å². The SMILES string of the molecule is COc1cc(OC)c(C(O)CNC2CC2)cc1OC. The number of hydrogen-bond acceptors (Lipinski definition) is 5. The molecule has 2 rings (SSSR count). The number of benzene rings is 1. The Labute approximate surface area is 113 Å². The van der Waals surface area contributed by atoms with E-state index < -0.39 is 6.10 Å². The van der Waals surface area contributed by atoms with Crippen molar-refractivity contribution in [3.63, 3.8) is 0 Å². The van der Waals surface area contributed by atoms with E-state index in [0.717, 1.165) is 0 Å². The first-order valence-corrected chi connectivity index (χ1v) is 6.41. The molecule has 1 aromatic rings. The van der Waals surface area contributed by atoms with Crippen LogP contribution in [-0.4, -0.2) is 39.0 Å². The van der Waals surface area contributed by atoms with Crippen molar-refractivity contribution in [3.05, 3.63) is 17.7 Å². The smallest absolute Gasteiger partial charge is 0.164 e. The molecule has 2 N–H and O–H groups in total. The number of nitrogens with one attached hydrogen (secondary N) is 1. The Bertz CT molecular complexity index is 432. The van der Waals surface area contributed by atoms with Gasteiger partial charge in [-0.15, -0.1) is 0 Å². The zero-order valence-corrected chi connectivity index (χ0v) is 11.6. The number of aliphatic hydroxyl groups is 1. The van der Waals surface area contributed by atoms with E-state index in [9.17, 15) is 5.11 Å². The summed E-state index contributed by atoms with van der Waals surface area (Å²) in [5.74, 6) is 1.77. The molecule has 0 bridgehead atoms. The summed E-state index contributed by atoms with van der Waals surface area (Å²) in [5, 5.41) is 13.5. The molecular weight excluding hydrogens is 246 g/mol. The second-order valence-corrected chi connectivity index (χ2v) is 4.65. The summed E-state index contributed by atoms with van der Waals surface area (Å²) in [6.07, 6.45) is 1.75. The number of aliphatic hydroxyl groups excluding tert-OH is 1. The number of methoxy groups -OCH3 is 3. The maximum atomic E-state index is 10.3. The Hall–Kier alpha value is -1.46. The topological polar surface area (TPSA) is 60.0 Å². The van der Waals surface area contributed by atoms with Gasteiger partial charge in [0.1, 0.15) is 5.75 Å².